The molecule has 0 bridgehead atoms. The molecule has 0 aliphatic carbocycles. The fourth-order valence-electron chi connectivity index (χ4n) is 1.85. The highest BCUT2D eigenvalue weighted by atomic mass is 79.9. The maximum absolute atomic E-state index is 6.24. The maximum atomic E-state index is 6.24. The van der Waals surface area contributed by atoms with Crippen molar-refractivity contribution in [1.29, 1.82) is 0 Å². The molecule has 0 spiro atoms. The summed E-state index contributed by atoms with van der Waals surface area (Å²) in [5.74, 6) is 0.740. The summed E-state index contributed by atoms with van der Waals surface area (Å²) < 4.78 is 2.60. The molecule has 2 rings (SSSR count). The van der Waals surface area contributed by atoms with E-state index >= 15 is 0 Å². The van der Waals surface area contributed by atoms with Crippen LogP contribution in [0.25, 0.3) is 0 Å². The number of anilines is 3. The van der Waals surface area contributed by atoms with Gasteiger partial charge in [0.25, 0.3) is 0 Å². The van der Waals surface area contributed by atoms with Crippen LogP contribution in [0, 0.1) is 6.92 Å². The lowest BCUT2D eigenvalue weighted by molar-refractivity contribution is 0.605. The van der Waals surface area contributed by atoms with Gasteiger partial charge in [-0.1, -0.05) is 30.1 Å². The third-order valence-electron chi connectivity index (χ3n) is 2.90. The normalized spacial score (nSPS) is 10.8. The Labute approximate surface area is 136 Å². The number of aryl methyl sites for hydroxylation is 2. The average Bonchev–Trinajstić information content (AvgIpc) is 2.67. The van der Waals surface area contributed by atoms with Gasteiger partial charge in [0, 0.05) is 11.0 Å². The summed E-state index contributed by atoms with van der Waals surface area (Å²) in [4.78, 5) is 0. The lowest BCUT2D eigenvalue weighted by atomic mass is 10.3. The molecule has 0 unspecified atom stereocenters. The average molecular weight is 378 g/mol. The largest absolute Gasteiger partial charge is 0.394 e. The van der Waals surface area contributed by atoms with E-state index in [4.69, 9.17) is 28.9 Å². The molecule has 108 valence electrons. The predicted molar refractivity (Wildman–Crippen MR) is 89.1 cm³/mol. The van der Waals surface area contributed by atoms with Crippen LogP contribution in [-0.2, 0) is 6.54 Å². The molecule has 4 nitrogen and oxygen atoms in total. The molecule has 2 aromatic rings. The highest BCUT2D eigenvalue weighted by Crippen LogP contribution is 2.38. The van der Waals surface area contributed by atoms with E-state index in [9.17, 15) is 0 Å². The van der Waals surface area contributed by atoms with Gasteiger partial charge in [-0.25, -0.2) is 4.68 Å². The molecule has 1 aromatic heterocycles. The summed E-state index contributed by atoms with van der Waals surface area (Å²) in [6.07, 6.45) is 0.962. The maximum Gasteiger partial charge on any atom is 0.152 e. The van der Waals surface area contributed by atoms with Crippen molar-refractivity contribution in [2.24, 2.45) is 0 Å². The zero-order valence-corrected chi connectivity index (χ0v) is 14.3. The van der Waals surface area contributed by atoms with E-state index in [0.29, 0.717) is 21.4 Å². The number of nitrogens with one attached hydrogen (secondary N) is 1. The van der Waals surface area contributed by atoms with Crippen LogP contribution in [0.5, 0.6) is 0 Å². The number of rotatable bonds is 4. The second-order valence-corrected chi connectivity index (χ2v) is 6.03. The second-order valence-electron chi connectivity index (χ2n) is 4.42. The number of nitrogens with two attached hydrogens (primary N) is 1. The quantitative estimate of drug-likeness (QED) is 0.737. The predicted octanol–water partition coefficient (Wildman–Crippen LogP) is 5.00. The minimum absolute atomic E-state index is 0.447. The van der Waals surface area contributed by atoms with Gasteiger partial charge >= 0.3 is 0 Å². The lowest BCUT2D eigenvalue weighted by Gasteiger charge is -2.12. The van der Waals surface area contributed by atoms with Crippen molar-refractivity contribution >= 4 is 56.3 Å². The van der Waals surface area contributed by atoms with Gasteiger partial charge in [0.2, 0.25) is 0 Å². The van der Waals surface area contributed by atoms with Gasteiger partial charge in [0.1, 0.15) is 0 Å². The minimum Gasteiger partial charge on any atom is -0.394 e. The first-order valence-electron chi connectivity index (χ1n) is 6.19. The molecule has 0 aliphatic rings. The van der Waals surface area contributed by atoms with E-state index in [0.717, 1.165) is 29.0 Å². The molecule has 1 heterocycles. The summed E-state index contributed by atoms with van der Waals surface area (Å²) in [7, 11) is 0. The van der Waals surface area contributed by atoms with Gasteiger partial charge in [-0.3, -0.25) is 0 Å². The smallest absolute Gasteiger partial charge is 0.152 e. The van der Waals surface area contributed by atoms with Crippen molar-refractivity contribution in [2.45, 2.75) is 26.8 Å². The lowest BCUT2D eigenvalue weighted by Crippen LogP contribution is -2.06. The van der Waals surface area contributed by atoms with Crippen molar-refractivity contribution in [3.63, 3.8) is 0 Å². The Hall–Kier alpha value is -0.910. The van der Waals surface area contributed by atoms with E-state index in [1.165, 1.54) is 0 Å². The molecule has 20 heavy (non-hydrogen) atoms. The molecule has 0 saturated heterocycles. The summed E-state index contributed by atoms with van der Waals surface area (Å²) in [5.41, 5.74) is 8.18. The zero-order valence-electron chi connectivity index (χ0n) is 11.2. The van der Waals surface area contributed by atoms with Gasteiger partial charge < -0.3 is 11.1 Å². The summed E-state index contributed by atoms with van der Waals surface area (Å²) in [6.45, 7) is 4.74. The Balaban J connectivity index is 2.42. The molecule has 7 heteroatoms. The molecule has 0 atom stereocenters. The molecule has 3 N–H and O–H groups in total. The van der Waals surface area contributed by atoms with Crippen LogP contribution in [0.2, 0.25) is 10.0 Å². The van der Waals surface area contributed by atoms with Gasteiger partial charge in [0.05, 0.1) is 27.1 Å². The standard InChI is InChI=1S/C13H15BrCl2N4/c1-3-6-20-13(12(17)7(2)19-20)18-9-5-4-8(14)10(15)11(9)16/h4-5,18H,3,6,17H2,1-2H3. The molecule has 0 fully saturated rings. The molecule has 0 radical (unpaired) electrons. The van der Waals surface area contributed by atoms with Gasteiger partial charge in [-0.2, -0.15) is 5.10 Å². The van der Waals surface area contributed by atoms with Crippen LogP contribution in [0.15, 0.2) is 16.6 Å². The number of halogens is 3. The Morgan fingerprint density at radius 3 is 2.70 bits per heavy atom. The van der Waals surface area contributed by atoms with Crippen LogP contribution in [0.3, 0.4) is 0 Å². The third-order valence-corrected chi connectivity index (χ3v) is 4.67. The van der Waals surface area contributed by atoms with Gasteiger partial charge in [-0.15, -0.1) is 0 Å². The first-order valence-corrected chi connectivity index (χ1v) is 7.74. The number of nitrogens with zero attached hydrogens (tertiary/aromatic N) is 2. The monoisotopic (exact) mass is 376 g/mol. The summed E-state index contributed by atoms with van der Waals surface area (Å²) in [5, 5.41) is 8.54. The SMILES string of the molecule is CCCn1nc(C)c(N)c1Nc1ccc(Br)c(Cl)c1Cl. The number of hydrogen-bond donors (Lipinski definition) is 2. The first-order chi connectivity index (χ1) is 9.45. The van der Waals surface area contributed by atoms with Crippen molar-refractivity contribution in [1.82, 2.24) is 9.78 Å². The Kier molecular flexibility index (Phi) is 4.83. The number of benzene rings is 1. The van der Waals surface area contributed by atoms with Crippen LogP contribution in [0.4, 0.5) is 17.2 Å². The van der Waals surface area contributed by atoms with Gasteiger partial charge in [-0.05, 0) is 41.4 Å². The van der Waals surface area contributed by atoms with E-state index < -0.39 is 0 Å². The molecule has 1 aromatic carbocycles. The van der Waals surface area contributed by atoms with E-state index in [2.05, 4.69) is 33.3 Å². The molecule has 0 aliphatic heterocycles. The summed E-state index contributed by atoms with van der Waals surface area (Å²) >= 11 is 15.7. The fourth-order valence-corrected chi connectivity index (χ4v) is 2.67. The second kappa shape index (κ2) is 6.24. The Morgan fingerprint density at radius 2 is 2.05 bits per heavy atom. The van der Waals surface area contributed by atoms with Crippen molar-refractivity contribution in [2.75, 3.05) is 11.1 Å². The topological polar surface area (TPSA) is 55.9 Å². The van der Waals surface area contributed by atoms with Crippen molar-refractivity contribution < 1.29 is 0 Å². The van der Waals surface area contributed by atoms with Crippen molar-refractivity contribution in [3.05, 3.63) is 32.3 Å². The van der Waals surface area contributed by atoms with E-state index in [1.807, 2.05) is 23.7 Å². The highest BCUT2D eigenvalue weighted by Gasteiger charge is 2.15. The molecule has 0 saturated carbocycles. The minimum atomic E-state index is 0.447. The highest BCUT2D eigenvalue weighted by molar-refractivity contribution is 9.10. The van der Waals surface area contributed by atoms with Crippen LogP contribution in [-0.4, -0.2) is 9.78 Å². The molecular weight excluding hydrogens is 363 g/mol. The molecular formula is C13H15BrCl2N4. The third kappa shape index (κ3) is 2.90. The number of hydrogen-bond acceptors (Lipinski definition) is 3. The first kappa shape index (κ1) is 15.5. The van der Waals surface area contributed by atoms with Crippen molar-refractivity contribution in [3.8, 4) is 0 Å². The van der Waals surface area contributed by atoms with Crippen LogP contribution >= 0.6 is 39.1 Å². The molecule has 0 amide bonds. The zero-order chi connectivity index (χ0) is 14.9. The van der Waals surface area contributed by atoms with E-state index in [-0.39, 0.29) is 0 Å². The van der Waals surface area contributed by atoms with Gasteiger partial charge in [0.15, 0.2) is 5.82 Å². The number of nitrogen functional groups attached to an aromatic ring is 1. The number of aromatic nitrogens is 2. The van der Waals surface area contributed by atoms with Crippen LogP contribution < -0.4 is 11.1 Å². The fraction of sp³-hybridized carbons (Fsp3) is 0.308. The summed E-state index contributed by atoms with van der Waals surface area (Å²) in [6, 6.07) is 3.68. The van der Waals surface area contributed by atoms with E-state index in [1.54, 1.807) is 0 Å². The Morgan fingerprint density at radius 1 is 1.35 bits per heavy atom. The Bertz CT molecular complexity index is 640. The van der Waals surface area contributed by atoms with Crippen LogP contribution in [0.1, 0.15) is 19.0 Å².